The lowest BCUT2D eigenvalue weighted by atomic mass is 10.2. The molecule has 0 saturated heterocycles. The summed E-state index contributed by atoms with van der Waals surface area (Å²) in [5.41, 5.74) is 0.572. The number of benzene rings is 1. The summed E-state index contributed by atoms with van der Waals surface area (Å²) in [6.07, 6.45) is -0.632. The number of thioether (sulfide) groups is 1. The summed E-state index contributed by atoms with van der Waals surface area (Å²) in [5.74, 6) is 1.05. The molecule has 0 fully saturated rings. The van der Waals surface area contributed by atoms with E-state index >= 15 is 0 Å². The van der Waals surface area contributed by atoms with Crippen molar-refractivity contribution in [2.24, 2.45) is 7.05 Å². The molecule has 0 bridgehead atoms. The van der Waals surface area contributed by atoms with Gasteiger partial charge in [0.15, 0.2) is 0 Å². The molecule has 2 rings (SSSR count). The van der Waals surface area contributed by atoms with E-state index in [2.05, 4.69) is 15.5 Å². The van der Waals surface area contributed by atoms with Crippen molar-refractivity contribution in [2.75, 3.05) is 12.4 Å². The van der Waals surface area contributed by atoms with E-state index in [-0.39, 0.29) is 6.61 Å². The molecule has 8 heteroatoms. The van der Waals surface area contributed by atoms with Crippen molar-refractivity contribution in [3.8, 4) is 11.8 Å². The molecule has 7 nitrogen and oxygen atoms in total. The smallest absolute Gasteiger partial charge is 0.209 e. The second kappa shape index (κ2) is 6.88. The Kier molecular flexibility index (Phi) is 4.92. The van der Waals surface area contributed by atoms with Gasteiger partial charge in [-0.05, 0) is 34.7 Å². The van der Waals surface area contributed by atoms with Crippen molar-refractivity contribution >= 4 is 11.8 Å². The molecule has 1 aromatic heterocycles. The Bertz CT molecular complexity index is 593. The number of nitrogens with zero attached hydrogens (tertiary/aromatic N) is 5. The third kappa shape index (κ3) is 3.94. The van der Waals surface area contributed by atoms with E-state index in [1.165, 1.54) is 11.8 Å². The summed E-state index contributed by atoms with van der Waals surface area (Å²) in [6.45, 7) is 0.171. The minimum Gasteiger partial charge on any atom is -0.491 e. The van der Waals surface area contributed by atoms with Gasteiger partial charge in [0, 0.05) is 12.8 Å². The number of aromatic nitrogens is 4. The highest BCUT2D eigenvalue weighted by molar-refractivity contribution is 7.99. The van der Waals surface area contributed by atoms with E-state index in [0.717, 1.165) is 0 Å². The number of rotatable bonds is 6. The van der Waals surface area contributed by atoms with E-state index in [1.54, 1.807) is 36.0 Å². The van der Waals surface area contributed by atoms with Gasteiger partial charge >= 0.3 is 0 Å². The van der Waals surface area contributed by atoms with Crippen LogP contribution in [0.15, 0.2) is 29.4 Å². The van der Waals surface area contributed by atoms with Crippen LogP contribution in [0.3, 0.4) is 0 Å². The van der Waals surface area contributed by atoms with Crippen LogP contribution in [0.1, 0.15) is 5.56 Å². The molecule has 1 aromatic carbocycles. The van der Waals surface area contributed by atoms with Crippen LogP contribution in [-0.2, 0) is 7.05 Å². The highest BCUT2D eigenvalue weighted by Crippen LogP contribution is 2.15. The maximum Gasteiger partial charge on any atom is 0.209 e. The highest BCUT2D eigenvalue weighted by Gasteiger charge is 2.09. The van der Waals surface area contributed by atoms with Gasteiger partial charge in [0.2, 0.25) is 5.16 Å². The summed E-state index contributed by atoms with van der Waals surface area (Å²) in [7, 11) is 1.74. The number of ether oxygens (including phenoxy) is 1. The Morgan fingerprint density at radius 3 is 2.80 bits per heavy atom. The quantitative estimate of drug-likeness (QED) is 0.779. The Morgan fingerprint density at radius 2 is 2.20 bits per heavy atom. The van der Waals surface area contributed by atoms with Gasteiger partial charge in [0.1, 0.15) is 12.4 Å². The van der Waals surface area contributed by atoms with Crippen molar-refractivity contribution in [2.45, 2.75) is 11.3 Å². The third-order valence-corrected chi connectivity index (χ3v) is 3.57. The molecule has 1 atom stereocenters. The minimum atomic E-state index is -0.632. The maximum absolute atomic E-state index is 9.82. The fraction of sp³-hybridized carbons (Fsp3) is 0.333. The summed E-state index contributed by atoms with van der Waals surface area (Å²) in [6, 6.07) is 8.77. The molecule has 0 aliphatic carbocycles. The molecular formula is C12H13N5O2S. The first-order valence-electron chi connectivity index (χ1n) is 5.85. The Labute approximate surface area is 120 Å². The first-order valence-corrected chi connectivity index (χ1v) is 6.84. The van der Waals surface area contributed by atoms with Gasteiger partial charge in [-0.2, -0.15) is 5.26 Å². The van der Waals surface area contributed by atoms with Crippen LogP contribution in [0, 0.1) is 11.3 Å². The molecule has 2 aromatic rings. The Balaban J connectivity index is 1.76. The van der Waals surface area contributed by atoms with Gasteiger partial charge < -0.3 is 9.84 Å². The molecule has 1 heterocycles. The predicted molar refractivity (Wildman–Crippen MR) is 72.2 cm³/mol. The molecule has 20 heavy (non-hydrogen) atoms. The molecule has 0 aliphatic heterocycles. The lowest BCUT2D eigenvalue weighted by molar-refractivity contribution is 0.126. The summed E-state index contributed by atoms with van der Waals surface area (Å²) < 4.78 is 6.98. The largest absolute Gasteiger partial charge is 0.491 e. The van der Waals surface area contributed by atoms with Gasteiger partial charge in [-0.15, -0.1) is 5.10 Å². The average molecular weight is 291 g/mol. The number of aliphatic hydroxyl groups excluding tert-OH is 1. The van der Waals surface area contributed by atoms with E-state index in [4.69, 9.17) is 10.00 Å². The second-order valence-electron chi connectivity index (χ2n) is 4.00. The van der Waals surface area contributed by atoms with Gasteiger partial charge in [0.25, 0.3) is 0 Å². The zero-order valence-corrected chi connectivity index (χ0v) is 11.6. The van der Waals surface area contributed by atoms with E-state index in [0.29, 0.717) is 22.2 Å². The van der Waals surface area contributed by atoms with Crippen molar-refractivity contribution in [3.05, 3.63) is 29.8 Å². The number of hydrogen-bond donors (Lipinski definition) is 1. The van der Waals surface area contributed by atoms with Crippen LogP contribution in [0.4, 0.5) is 0 Å². The SMILES string of the molecule is Cn1nnnc1SC[C@@H](O)COc1ccc(C#N)cc1. The van der Waals surface area contributed by atoms with E-state index in [9.17, 15) is 5.11 Å². The van der Waals surface area contributed by atoms with Gasteiger partial charge in [0.05, 0.1) is 17.7 Å². The first-order chi connectivity index (χ1) is 9.69. The fourth-order valence-electron chi connectivity index (χ4n) is 1.38. The molecule has 104 valence electrons. The summed E-state index contributed by atoms with van der Waals surface area (Å²) >= 11 is 1.36. The van der Waals surface area contributed by atoms with Crippen LogP contribution in [0.25, 0.3) is 0 Å². The normalized spacial score (nSPS) is 11.8. The average Bonchev–Trinajstić information content (AvgIpc) is 2.89. The molecule has 0 amide bonds. The predicted octanol–water partition coefficient (Wildman–Crippen LogP) is 0.614. The minimum absolute atomic E-state index is 0.171. The molecular weight excluding hydrogens is 278 g/mol. The van der Waals surface area contributed by atoms with Crippen molar-refractivity contribution < 1.29 is 9.84 Å². The third-order valence-electron chi connectivity index (χ3n) is 2.41. The molecule has 0 spiro atoms. The monoisotopic (exact) mass is 291 g/mol. The molecule has 0 unspecified atom stereocenters. The summed E-state index contributed by atoms with van der Waals surface area (Å²) in [4.78, 5) is 0. The number of aryl methyl sites for hydroxylation is 1. The lowest BCUT2D eigenvalue weighted by Gasteiger charge is -2.11. The second-order valence-corrected chi connectivity index (χ2v) is 4.98. The van der Waals surface area contributed by atoms with Crippen LogP contribution in [-0.4, -0.2) is 43.8 Å². The summed E-state index contributed by atoms with van der Waals surface area (Å²) in [5, 5.41) is 30.2. The standard InChI is InChI=1S/C12H13N5O2S/c1-17-12(14-15-16-17)20-8-10(18)7-19-11-4-2-9(6-13)3-5-11/h2-5,10,18H,7-8H2,1H3/t10-/m0/s1. The topological polar surface area (TPSA) is 96.8 Å². The van der Waals surface area contributed by atoms with Gasteiger partial charge in [-0.3, -0.25) is 0 Å². The van der Waals surface area contributed by atoms with Crippen LogP contribution in [0.5, 0.6) is 5.75 Å². The number of nitriles is 1. The Hall–Kier alpha value is -2.11. The van der Waals surface area contributed by atoms with Gasteiger partial charge in [-0.25, -0.2) is 4.68 Å². The van der Waals surface area contributed by atoms with E-state index in [1.807, 2.05) is 6.07 Å². The van der Waals surface area contributed by atoms with E-state index < -0.39 is 6.10 Å². The molecule has 0 aliphatic rings. The van der Waals surface area contributed by atoms with Crippen LogP contribution in [0.2, 0.25) is 0 Å². The van der Waals surface area contributed by atoms with Crippen molar-refractivity contribution in [1.29, 1.82) is 5.26 Å². The zero-order valence-electron chi connectivity index (χ0n) is 10.8. The lowest BCUT2D eigenvalue weighted by Crippen LogP contribution is -2.20. The highest BCUT2D eigenvalue weighted by atomic mass is 32.2. The molecule has 0 radical (unpaired) electrons. The maximum atomic E-state index is 9.82. The number of tetrazole rings is 1. The number of hydrogen-bond acceptors (Lipinski definition) is 7. The fourth-order valence-corrected chi connectivity index (χ4v) is 2.14. The van der Waals surface area contributed by atoms with Crippen molar-refractivity contribution in [1.82, 2.24) is 20.2 Å². The Morgan fingerprint density at radius 1 is 1.45 bits per heavy atom. The van der Waals surface area contributed by atoms with Gasteiger partial charge in [-0.1, -0.05) is 11.8 Å². The molecule has 0 saturated carbocycles. The van der Waals surface area contributed by atoms with Crippen LogP contribution >= 0.6 is 11.8 Å². The molecule has 1 N–H and O–H groups in total. The van der Waals surface area contributed by atoms with Crippen LogP contribution < -0.4 is 4.74 Å². The van der Waals surface area contributed by atoms with Crippen molar-refractivity contribution in [3.63, 3.8) is 0 Å². The first kappa shape index (κ1) is 14.3. The number of aliphatic hydroxyl groups is 1. The zero-order chi connectivity index (χ0) is 14.4.